The number of esters is 1. The Bertz CT molecular complexity index is 576. The van der Waals surface area contributed by atoms with Crippen molar-refractivity contribution < 1.29 is 19.0 Å². The van der Waals surface area contributed by atoms with Crippen LogP contribution in [-0.2, 0) is 14.3 Å². The van der Waals surface area contributed by atoms with Crippen molar-refractivity contribution in [2.75, 3.05) is 26.9 Å². The third-order valence-electron chi connectivity index (χ3n) is 2.37. The summed E-state index contributed by atoms with van der Waals surface area (Å²) in [6.45, 7) is 0.573. The van der Waals surface area contributed by atoms with Gasteiger partial charge in [-0.05, 0) is 23.8 Å². The molecule has 0 fully saturated rings. The van der Waals surface area contributed by atoms with E-state index in [-0.39, 0.29) is 25.4 Å². The Morgan fingerprint density at radius 2 is 2.05 bits per heavy atom. The molecule has 0 aliphatic heterocycles. The molecule has 0 heterocycles. The lowest BCUT2D eigenvalue weighted by molar-refractivity contribution is -0.139. The standard InChI is InChI=1S/C16H15NO4/c1-3-8-20-15-6-4-13(5-7-15)11-14(12-17)16(18)21-10-9-19-2/h1,4-7,11H,8-10H2,2H3. The molecule has 5 heteroatoms. The Morgan fingerprint density at radius 1 is 1.33 bits per heavy atom. The number of terminal acetylenes is 1. The van der Waals surface area contributed by atoms with Gasteiger partial charge in [-0.3, -0.25) is 0 Å². The van der Waals surface area contributed by atoms with Crippen molar-refractivity contribution in [3.05, 3.63) is 35.4 Å². The molecule has 0 aliphatic carbocycles. The summed E-state index contributed by atoms with van der Waals surface area (Å²) in [5, 5.41) is 8.99. The van der Waals surface area contributed by atoms with Gasteiger partial charge in [0, 0.05) is 7.11 Å². The third kappa shape index (κ3) is 5.82. The second kappa shape index (κ2) is 9.19. The Kier molecular flexibility index (Phi) is 7.13. The molecule has 0 unspecified atom stereocenters. The first-order valence-electron chi connectivity index (χ1n) is 6.15. The van der Waals surface area contributed by atoms with Gasteiger partial charge in [0.05, 0.1) is 6.61 Å². The molecule has 0 saturated heterocycles. The zero-order valence-electron chi connectivity index (χ0n) is 11.7. The minimum absolute atomic E-state index is 0.0802. The first kappa shape index (κ1) is 16.3. The molecular formula is C16H15NO4. The van der Waals surface area contributed by atoms with E-state index in [1.165, 1.54) is 13.2 Å². The SMILES string of the molecule is C#CCOc1ccc(C=C(C#N)C(=O)OCCOC)cc1. The van der Waals surface area contributed by atoms with Crippen LogP contribution in [0.15, 0.2) is 29.8 Å². The van der Waals surface area contributed by atoms with Gasteiger partial charge in [-0.25, -0.2) is 4.79 Å². The Morgan fingerprint density at radius 3 is 2.62 bits per heavy atom. The number of methoxy groups -OCH3 is 1. The van der Waals surface area contributed by atoms with Crippen LogP contribution in [0.4, 0.5) is 0 Å². The van der Waals surface area contributed by atoms with Crippen molar-refractivity contribution in [3.63, 3.8) is 0 Å². The second-order valence-electron chi connectivity index (χ2n) is 3.86. The molecular weight excluding hydrogens is 270 g/mol. The predicted molar refractivity (Wildman–Crippen MR) is 77.2 cm³/mol. The number of benzene rings is 1. The highest BCUT2D eigenvalue weighted by molar-refractivity contribution is 5.97. The molecule has 108 valence electrons. The van der Waals surface area contributed by atoms with Crippen LogP contribution in [-0.4, -0.2) is 32.9 Å². The summed E-state index contributed by atoms with van der Waals surface area (Å²) in [7, 11) is 1.50. The number of hydrogen-bond donors (Lipinski definition) is 0. The van der Waals surface area contributed by atoms with E-state index in [1.807, 2.05) is 6.07 Å². The highest BCUT2D eigenvalue weighted by Crippen LogP contribution is 2.14. The minimum Gasteiger partial charge on any atom is -0.481 e. The third-order valence-corrected chi connectivity index (χ3v) is 2.37. The van der Waals surface area contributed by atoms with Crippen LogP contribution in [0, 0.1) is 23.7 Å². The molecule has 0 spiro atoms. The van der Waals surface area contributed by atoms with E-state index in [2.05, 4.69) is 5.92 Å². The maximum absolute atomic E-state index is 11.6. The number of hydrogen-bond acceptors (Lipinski definition) is 5. The highest BCUT2D eigenvalue weighted by atomic mass is 16.6. The summed E-state index contributed by atoms with van der Waals surface area (Å²) < 4.78 is 14.9. The summed E-state index contributed by atoms with van der Waals surface area (Å²) in [5.74, 6) is 2.30. The first-order valence-corrected chi connectivity index (χ1v) is 6.15. The van der Waals surface area contributed by atoms with E-state index in [0.717, 1.165) is 0 Å². The maximum atomic E-state index is 11.6. The molecule has 0 bridgehead atoms. The van der Waals surface area contributed by atoms with Gasteiger partial charge in [0.2, 0.25) is 0 Å². The van der Waals surface area contributed by atoms with Crippen LogP contribution < -0.4 is 4.74 Å². The van der Waals surface area contributed by atoms with Gasteiger partial charge in [0.15, 0.2) is 0 Å². The lowest BCUT2D eigenvalue weighted by Gasteiger charge is -2.04. The zero-order valence-corrected chi connectivity index (χ0v) is 11.7. The monoisotopic (exact) mass is 285 g/mol. The van der Waals surface area contributed by atoms with Crippen LogP contribution in [0.1, 0.15) is 5.56 Å². The Hall–Kier alpha value is -2.76. The highest BCUT2D eigenvalue weighted by Gasteiger charge is 2.10. The summed E-state index contributed by atoms with van der Waals surface area (Å²) >= 11 is 0. The summed E-state index contributed by atoms with van der Waals surface area (Å²) in [6, 6.07) is 8.65. The van der Waals surface area contributed by atoms with Crippen LogP contribution in [0.3, 0.4) is 0 Å². The second-order valence-corrected chi connectivity index (χ2v) is 3.86. The summed E-state index contributed by atoms with van der Waals surface area (Å²) in [6.07, 6.45) is 6.54. The minimum atomic E-state index is -0.679. The van der Waals surface area contributed by atoms with Crippen LogP contribution in [0.5, 0.6) is 5.75 Å². The van der Waals surface area contributed by atoms with E-state index in [1.54, 1.807) is 24.3 Å². The maximum Gasteiger partial charge on any atom is 0.348 e. The molecule has 0 saturated carbocycles. The molecule has 0 amide bonds. The van der Waals surface area contributed by atoms with Gasteiger partial charge in [-0.1, -0.05) is 18.1 Å². The van der Waals surface area contributed by atoms with Crippen molar-refractivity contribution >= 4 is 12.0 Å². The lowest BCUT2D eigenvalue weighted by Crippen LogP contribution is -2.11. The number of nitrogens with zero attached hydrogens (tertiary/aromatic N) is 1. The largest absolute Gasteiger partial charge is 0.481 e. The van der Waals surface area contributed by atoms with Gasteiger partial charge in [-0.2, -0.15) is 5.26 Å². The molecule has 0 aromatic heterocycles. The number of carbonyl (C=O) groups excluding carboxylic acids is 1. The van der Waals surface area contributed by atoms with Gasteiger partial charge >= 0.3 is 5.97 Å². The van der Waals surface area contributed by atoms with E-state index in [0.29, 0.717) is 11.3 Å². The molecule has 1 rings (SSSR count). The molecule has 1 aromatic carbocycles. The number of ether oxygens (including phenoxy) is 3. The molecule has 0 aliphatic rings. The molecule has 5 nitrogen and oxygen atoms in total. The van der Waals surface area contributed by atoms with Crippen molar-refractivity contribution in [2.24, 2.45) is 0 Å². The van der Waals surface area contributed by atoms with E-state index in [9.17, 15) is 4.79 Å². The lowest BCUT2D eigenvalue weighted by atomic mass is 10.1. The van der Waals surface area contributed by atoms with Gasteiger partial charge in [0.1, 0.15) is 30.6 Å². The average Bonchev–Trinajstić information content (AvgIpc) is 2.51. The zero-order chi connectivity index (χ0) is 15.5. The van der Waals surface area contributed by atoms with E-state index < -0.39 is 5.97 Å². The van der Waals surface area contributed by atoms with Crippen molar-refractivity contribution in [2.45, 2.75) is 0 Å². The molecule has 0 atom stereocenters. The van der Waals surface area contributed by atoms with Crippen LogP contribution in [0.2, 0.25) is 0 Å². The van der Waals surface area contributed by atoms with Crippen molar-refractivity contribution in [1.29, 1.82) is 5.26 Å². The predicted octanol–water partition coefficient (Wildman–Crippen LogP) is 1.80. The Balaban J connectivity index is 2.72. The average molecular weight is 285 g/mol. The smallest absolute Gasteiger partial charge is 0.348 e. The topological polar surface area (TPSA) is 68.5 Å². The fraction of sp³-hybridized carbons (Fsp3) is 0.250. The quantitative estimate of drug-likeness (QED) is 0.251. The number of nitriles is 1. The number of carbonyl (C=O) groups is 1. The van der Waals surface area contributed by atoms with E-state index >= 15 is 0 Å². The van der Waals surface area contributed by atoms with Gasteiger partial charge in [-0.15, -0.1) is 6.42 Å². The fourth-order valence-corrected chi connectivity index (χ4v) is 1.38. The molecule has 0 radical (unpaired) electrons. The van der Waals surface area contributed by atoms with E-state index in [4.69, 9.17) is 25.9 Å². The van der Waals surface area contributed by atoms with Crippen LogP contribution in [0.25, 0.3) is 6.08 Å². The van der Waals surface area contributed by atoms with Crippen molar-refractivity contribution in [1.82, 2.24) is 0 Å². The fourth-order valence-electron chi connectivity index (χ4n) is 1.38. The van der Waals surface area contributed by atoms with Crippen LogP contribution >= 0.6 is 0 Å². The summed E-state index contributed by atoms with van der Waals surface area (Å²) in [5.41, 5.74) is 0.603. The Labute approximate surface area is 123 Å². The van der Waals surface area contributed by atoms with Crippen molar-refractivity contribution in [3.8, 4) is 24.2 Å². The number of rotatable bonds is 7. The first-order chi connectivity index (χ1) is 10.2. The normalized spacial score (nSPS) is 10.3. The van der Waals surface area contributed by atoms with Gasteiger partial charge < -0.3 is 14.2 Å². The molecule has 1 aromatic rings. The molecule has 0 N–H and O–H groups in total. The molecule has 21 heavy (non-hydrogen) atoms. The van der Waals surface area contributed by atoms with Gasteiger partial charge in [0.25, 0.3) is 0 Å². The summed E-state index contributed by atoms with van der Waals surface area (Å²) in [4.78, 5) is 11.6.